The average molecular weight is 440 g/mol. The van der Waals surface area contributed by atoms with Crippen LogP contribution < -0.4 is 15.0 Å². The van der Waals surface area contributed by atoms with Crippen molar-refractivity contribution in [3.05, 3.63) is 75.7 Å². The van der Waals surface area contributed by atoms with Crippen LogP contribution in [0.3, 0.4) is 0 Å². The fraction of sp³-hybridized carbons (Fsp3) is 0.136. The van der Waals surface area contributed by atoms with Crippen LogP contribution in [0.2, 0.25) is 0 Å². The SMILES string of the molecule is COc1cc(-c2cc(=O)[nH]c3[nH]ncc23)ccc1OCc1ccc(C#N)cc1C(F)(F)F. The second-order valence-electron chi connectivity index (χ2n) is 6.84. The number of hydrogen-bond donors (Lipinski definition) is 2. The zero-order chi connectivity index (χ0) is 22.9. The molecule has 2 heterocycles. The number of hydrogen-bond acceptors (Lipinski definition) is 5. The van der Waals surface area contributed by atoms with Gasteiger partial charge in [0.2, 0.25) is 5.56 Å². The van der Waals surface area contributed by atoms with E-state index < -0.39 is 11.7 Å². The highest BCUT2D eigenvalue weighted by atomic mass is 19.4. The molecule has 0 atom stereocenters. The van der Waals surface area contributed by atoms with E-state index in [-0.39, 0.29) is 34.8 Å². The standard InChI is InChI=1S/C22H15F3N4O3/c1-31-19-7-13(15-8-20(30)28-21-16(15)10-27-29-21)4-5-18(19)32-11-14-3-2-12(9-26)6-17(14)22(23,24)25/h2-8,10H,11H2,1H3,(H2,27,28,29,30). The molecule has 0 fully saturated rings. The maximum Gasteiger partial charge on any atom is 0.416 e. The molecule has 2 aromatic carbocycles. The van der Waals surface area contributed by atoms with E-state index in [1.807, 2.05) is 0 Å². The number of H-pyrrole nitrogens is 2. The van der Waals surface area contributed by atoms with Gasteiger partial charge in [0.1, 0.15) is 12.3 Å². The molecule has 0 saturated heterocycles. The molecule has 7 nitrogen and oxygen atoms in total. The Bertz CT molecular complexity index is 1400. The Morgan fingerprint density at radius 3 is 2.66 bits per heavy atom. The van der Waals surface area contributed by atoms with Crippen molar-refractivity contribution >= 4 is 11.0 Å². The minimum atomic E-state index is -4.63. The quantitative estimate of drug-likeness (QED) is 0.479. The third-order valence-electron chi connectivity index (χ3n) is 4.86. The number of halogens is 3. The first-order valence-electron chi connectivity index (χ1n) is 9.28. The molecule has 0 amide bonds. The maximum atomic E-state index is 13.4. The first-order valence-corrected chi connectivity index (χ1v) is 9.28. The fourth-order valence-electron chi connectivity index (χ4n) is 3.34. The summed E-state index contributed by atoms with van der Waals surface area (Å²) in [6.45, 7) is -0.382. The van der Waals surface area contributed by atoms with E-state index in [4.69, 9.17) is 14.7 Å². The first kappa shape index (κ1) is 21.0. The Morgan fingerprint density at radius 1 is 1.12 bits per heavy atom. The highest BCUT2D eigenvalue weighted by molar-refractivity contribution is 5.92. The van der Waals surface area contributed by atoms with Crippen LogP contribution in [0.4, 0.5) is 13.2 Å². The number of benzene rings is 2. The van der Waals surface area contributed by atoms with Crippen LogP contribution in [-0.2, 0) is 12.8 Å². The summed E-state index contributed by atoms with van der Waals surface area (Å²) in [5.41, 5.74) is 0.250. The summed E-state index contributed by atoms with van der Waals surface area (Å²) >= 11 is 0. The lowest BCUT2D eigenvalue weighted by molar-refractivity contribution is -0.138. The molecule has 32 heavy (non-hydrogen) atoms. The van der Waals surface area contributed by atoms with Crippen molar-refractivity contribution in [1.82, 2.24) is 15.2 Å². The fourth-order valence-corrected chi connectivity index (χ4v) is 3.34. The molecule has 0 aliphatic carbocycles. The number of nitrogens with zero attached hydrogens (tertiary/aromatic N) is 2. The van der Waals surface area contributed by atoms with Crippen molar-refractivity contribution in [3.8, 4) is 28.7 Å². The molecule has 4 rings (SSSR count). The average Bonchev–Trinajstić information content (AvgIpc) is 3.24. The summed E-state index contributed by atoms with van der Waals surface area (Å²) in [5, 5.41) is 16.2. The molecule has 0 radical (unpaired) electrons. The predicted molar refractivity (Wildman–Crippen MR) is 109 cm³/mol. The smallest absolute Gasteiger partial charge is 0.416 e. The molecule has 0 unspecified atom stereocenters. The third kappa shape index (κ3) is 4.00. The van der Waals surface area contributed by atoms with Gasteiger partial charge in [-0.25, -0.2) is 0 Å². The van der Waals surface area contributed by atoms with Crippen LogP contribution in [0.15, 0.2) is 53.5 Å². The molecule has 2 N–H and O–H groups in total. The van der Waals surface area contributed by atoms with Gasteiger partial charge in [0.25, 0.3) is 0 Å². The Morgan fingerprint density at radius 2 is 1.94 bits per heavy atom. The Labute approximate surface area is 179 Å². The summed E-state index contributed by atoms with van der Waals surface area (Å²) in [5.74, 6) is 0.503. The lowest BCUT2D eigenvalue weighted by Crippen LogP contribution is -2.11. The van der Waals surface area contributed by atoms with Crippen molar-refractivity contribution in [3.63, 3.8) is 0 Å². The van der Waals surface area contributed by atoms with Gasteiger partial charge < -0.3 is 14.5 Å². The number of nitriles is 1. The van der Waals surface area contributed by atoms with Crippen LogP contribution in [-0.4, -0.2) is 22.3 Å². The van der Waals surface area contributed by atoms with Crippen molar-refractivity contribution < 1.29 is 22.6 Å². The number of alkyl halides is 3. The number of aromatic amines is 2. The number of aromatic nitrogens is 3. The zero-order valence-corrected chi connectivity index (χ0v) is 16.6. The third-order valence-corrected chi connectivity index (χ3v) is 4.86. The van der Waals surface area contributed by atoms with E-state index in [1.54, 1.807) is 30.5 Å². The van der Waals surface area contributed by atoms with E-state index in [2.05, 4.69) is 15.2 Å². The highest BCUT2D eigenvalue weighted by Gasteiger charge is 2.33. The molecular weight excluding hydrogens is 425 g/mol. The predicted octanol–water partition coefficient (Wildman–Crippen LogP) is 4.40. The lowest BCUT2D eigenvalue weighted by Gasteiger charge is -2.16. The molecule has 0 bridgehead atoms. The van der Waals surface area contributed by atoms with Crippen molar-refractivity contribution in [2.24, 2.45) is 0 Å². The normalized spacial score (nSPS) is 11.3. The maximum absolute atomic E-state index is 13.4. The van der Waals surface area contributed by atoms with Gasteiger partial charge in [-0.3, -0.25) is 9.89 Å². The number of nitrogens with one attached hydrogen (secondary N) is 2. The van der Waals surface area contributed by atoms with Gasteiger partial charge in [0, 0.05) is 17.0 Å². The number of methoxy groups -OCH3 is 1. The van der Waals surface area contributed by atoms with Crippen LogP contribution in [0.5, 0.6) is 11.5 Å². The summed E-state index contributed by atoms with van der Waals surface area (Å²) in [6, 6.07) is 11.3. The molecule has 0 spiro atoms. The molecule has 4 aromatic rings. The number of ether oxygens (including phenoxy) is 2. The molecular formula is C22H15F3N4O3. The topological polar surface area (TPSA) is 104 Å². The van der Waals surface area contributed by atoms with E-state index in [0.29, 0.717) is 22.2 Å². The van der Waals surface area contributed by atoms with E-state index in [1.165, 1.54) is 25.3 Å². The van der Waals surface area contributed by atoms with Crippen molar-refractivity contribution in [2.75, 3.05) is 7.11 Å². The van der Waals surface area contributed by atoms with Crippen molar-refractivity contribution in [2.45, 2.75) is 12.8 Å². The Balaban J connectivity index is 1.66. The van der Waals surface area contributed by atoms with Gasteiger partial charge in [0.15, 0.2) is 11.5 Å². The molecule has 0 saturated carbocycles. The van der Waals surface area contributed by atoms with E-state index >= 15 is 0 Å². The van der Waals surface area contributed by atoms with Gasteiger partial charge in [0.05, 0.1) is 30.5 Å². The van der Waals surface area contributed by atoms with E-state index in [9.17, 15) is 18.0 Å². The second-order valence-corrected chi connectivity index (χ2v) is 6.84. The molecule has 0 aliphatic rings. The minimum Gasteiger partial charge on any atom is -0.493 e. The number of pyridine rings is 1. The van der Waals surface area contributed by atoms with Gasteiger partial charge >= 0.3 is 6.18 Å². The Kier molecular flexibility index (Phi) is 5.32. The van der Waals surface area contributed by atoms with E-state index in [0.717, 1.165) is 6.07 Å². The summed E-state index contributed by atoms with van der Waals surface area (Å²) in [6.07, 6.45) is -3.06. The summed E-state index contributed by atoms with van der Waals surface area (Å²) in [7, 11) is 1.40. The highest BCUT2D eigenvalue weighted by Crippen LogP contribution is 2.36. The van der Waals surface area contributed by atoms with Crippen LogP contribution in [0.1, 0.15) is 16.7 Å². The summed E-state index contributed by atoms with van der Waals surface area (Å²) in [4.78, 5) is 14.6. The van der Waals surface area contributed by atoms with Crippen LogP contribution in [0, 0.1) is 11.3 Å². The number of fused-ring (bicyclic) bond motifs is 1. The zero-order valence-electron chi connectivity index (χ0n) is 16.6. The molecule has 162 valence electrons. The first-order chi connectivity index (χ1) is 15.3. The summed E-state index contributed by atoms with van der Waals surface area (Å²) < 4.78 is 51.1. The second kappa shape index (κ2) is 8.11. The Hall–Kier alpha value is -4.26. The minimum absolute atomic E-state index is 0.0913. The molecule has 10 heteroatoms. The molecule has 2 aromatic heterocycles. The van der Waals surface area contributed by atoms with Gasteiger partial charge in [-0.1, -0.05) is 12.1 Å². The molecule has 0 aliphatic heterocycles. The van der Waals surface area contributed by atoms with Gasteiger partial charge in [-0.05, 0) is 35.4 Å². The van der Waals surface area contributed by atoms with Gasteiger partial charge in [-0.15, -0.1) is 0 Å². The van der Waals surface area contributed by atoms with Crippen molar-refractivity contribution in [1.29, 1.82) is 5.26 Å². The van der Waals surface area contributed by atoms with Crippen LogP contribution >= 0.6 is 0 Å². The van der Waals surface area contributed by atoms with Crippen LogP contribution in [0.25, 0.3) is 22.2 Å². The monoisotopic (exact) mass is 440 g/mol. The number of rotatable bonds is 5. The lowest BCUT2D eigenvalue weighted by atomic mass is 10.0. The van der Waals surface area contributed by atoms with Gasteiger partial charge in [-0.2, -0.15) is 23.5 Å². The largest absolute Gasteiger partial charge is 0.493 e.